The predicted molar refractivity (Wildman–Crippen MR) is 271 cm³/mol. The number of hydrogen-bond donors (Lipinski definition) is 3. The first-order chi connectivity index (χ1) is 30.2. The van der Waals surface area contributed by atoms with Crippen molar-refractivity contribution in [2.24, 2.45) is 0 Å². The summed E-state index contributed by atoms with van der Waals surface area (Å²) in [5.41, 5.74) is 0. The lowest BCUT2D eigenvalue weighted by Crippen LogP contribution is -2.45. The standard InChI is InChI=1S/C57H103NO3/c1-3-5-7-9-11-13-15-17-19-21-22-23-24-25-26-27-28-29-30-31-32-33-34-35-36-37-39-41-43-45-47-49-51-53-57(61)58-55(54-59)56(60)52-50-48-46-44-42-40-38-20-18-16-14-12-10-8-6-4-2/h5,7,11,13,17,19,22-23,25-26,28-29,55-56,59-60H,3-4,6,8-10,12,14-16,18,20-21,24,27,30-54H2,1-2H3,(H,58,61)/b7-5-,13-11-,19-17-,23-22-,26-25-,29-28-. The number of amides is 1. The maximum atomic E-state index is 12.5. The second-order valence-electron chi connectivity index (χ2n) is 17.9. The molecular weight excluding hydrogens is 747 g/mol. The molecule has 0 bridgehead atoms. The van der Waals surface area contributed by atoms with Crippen molar-refractivity contribution in [1.82, 2.24) is 5.32 Å². The van der Waals surface area contributed by atoms with Gasteiger partial charge in [-0.1, -0.05) is 267 Å². The topological polar surface area (TPSA) is 69.6 Å². The van der Waals surface area contributed by atoms with Crippen molar-refractivity contribution in [3.63, 3.8) is 0 Å². The molecule has 0 saturated heterocycles. The molecule has 0 heterocycles. The second-order valence-corrected chi connectivity index (χ2v) is 17.9. The van der Waals surface area contributed by atoms with Gasteiger partial charge in [-0.25, -0.2) is 0 Å². The normalized spacial score (nSPS) is 13.4. The minimum atomic E-state index is -0.662. The summed E-state index contributed by atoms with van der Waals surface area (Å²) in [5, 5.41) is 23.3. The largest absolute Gasteiger partial charge is 0.394 e. The number of carbonyl (C=O) groups is 1. The van der Waals surface area contributed by atoms with Crippen LogP contribution >= 0.6 is 0 Å². The summed E-state index contributed by atoms with van der Waals surface area (Å²) in [7, 11) is 0. The third-order valence-corrected chi connectivity index (χ3v) is 12.0. The van der Waals surface area contributed by atoms with Gasteiger partial charge >= 0.3 is 0 Å². The minimum absolute atomic E-state index is 0.0324. The number of allylic oxidation sites excluding steroid dienone is 12. The first-order valence-electron chi connectivity index (χ1n) is 26.6. The zero-order valence-electron chi connectivity index (χ0n) is 40.7. The quantitative estimate of drug-likeness (QED) is 0.0422. The van der Waals surface area contributed by atoms with E-state index >= 15 is 0 Å². The summed E-state index contributed by atoms with van der Waals surface area (Å²) in [4.78, 5) is 12.5. The van der Waals surface area contributed by atoms with Gasteiger partial charge in [-0.05, 0) is 64.2 Å². The molecule has 354 valence electrons. The summed E-state index contributed by atoms with van der Waals surface area (Å²) >= 11 is 0. The van der Waals surface area contributed by atoms with E-state index in [4.69, 9.17) is 0 Å². The molecule has 0 aliphatic carbocycles. The molecule has 1 amide bonds. The minimum Gasteiger partial charge on any atom is -0.394 e. The van der Waals surface area contributed by atoms with Gasteiger partial charge in [0.1, 0.15) is 0 Å². The number of rotatable bonds is 48. The number of aliphatic hydroxyl groups excluding tert-OH is 2. The molecule has 0 aromatic carbocycles. The molecule has 2 atom stereocenters. The van der Waals surface area contributed by atoms with E-state index in [1.54, 1.807) is 0 Å². The van der Waals surface area contributed by atoms with Crippen LogP contribution in [-0.4, -0.2) is 34.9 Å². The van der Waals surface area contributed by atoms with Gasteiger partial charge in [-0.2, -0.15) is 0 Å². The SMILES string of the molecule is CC/C=C\C/C=C\C/C=C\C/C=C\C/C=C\C/C=C\CCCCCCCCCCCCCCCCC(=O)NC(CO)C(O)CCCCCCCCCCCCCCCCCC. The number of carbonyl (C=O) groups excluding carboxylic acids is 1. The molecule has 0 aromatic rings. The summed E-state index contributed by atoms with van der Waals surface area (Å²) in [5.74, 6) is -0.0324. The Hall–Kier alpha value is -2.17. The molecule has 3 N–H and O–H groups in total. The highest BCUT2D eigenvalue weighted by molar-refractivity contribution is 5.76. The summed E-state index contributed by atoms with van der Waals surface area (Å²) in [6, 6.07) is -0.539. The van der Waals surface area contributed by atoms with Crippen molar-refractivity contribution in [2.45, 2.75) is 276 Å². The highest BCUT2D eigenvalue weighted by Crippen LogP contribution is 2.17. The van der Waals surface area contributed by atoms with Gasteiger partial charge in [-0.3, -0.25) is 4.79 Å². The summed E-state index contributed by atoms with van der Waals surface area (Å²) in [6.07, 6.45) is 74.4. The van der Waals surface area contributed by atoms with E-state index < -0.39 is 12.1 Å². The van der Waals surface area contributed by atoms with Crippen molar-refractivity contribution in [1.29, 1.82) is 0 Å². The van der Waals surface area contributed by atoms with Crippen LogP contribution in [-0.2, 0) is 4.79 Å². The molecule has 4 heteroatoms. The van der Waals surface area contributed by atoms with Crippen molar-refractivity contribution in [2.75, 3.05) is 6.61 Å². The average molecular weight is 850 g/mol. The lowest BCUT2D eigenvalue weighted by molar-refractivity contribution is -0.123. The first-order valence-corrected chi connectivity index (χ1v) is 26.6. The molecular formula is C57H103NO3. The van der Waals surface area contributed by atoms with E-state index in [2.05, 4.69) is 92.1 Å². The van der Waals surface area contributed by atoms with Crippen LogP contribution in [0.15, 0.2) is 72.9 Å². The third kappa shape index (κ3) is 48.7. The Balaban J connectivity index is 3.49. The van der Waals surface area contributed by atoms with Crippen LogP contribution in [0.2, 0.25) is 0 Å². The molecule has 2 unspecified atom stereocenters. The fourth-order valence-electron chi connectivity index (χ4n) is 7.95. The fraction of sp³-hybridized carbons (Fsp3) is 0.772. The maximum Gasteiger partial charge on any atom is 0.220 e. The van der Waals surface area contributed by atoms with Crippen LogP contribution in [0.4, 0.5) is 0 Å². The van der Waals surface area contributed by atoms with Gasteiger partial charge in [0, 0.05) is 6.42 Å². The van der Waals surface area contributed by atoms with E-state index in [-0.39, 0.29) is 12.5 Å². The van der Waals surface area contributed by atoms with Crippen molar-refractivity contribution in [3.05, 3.63) is 72.9 Å². The Morgan fingerprint density at radius 3 is 1.08 bits per heavy atom. The van der Waals surface area contributed by atoms with Crippen LogP contribution < -0.4 is 5.32 Å². The molecule has 0 aliphatic heterocycles. The lowest BCUT2D eigenvalue weighted by atomic mass is 10.0. The van der Waals surface area contributed by atoms with E-state index in [1.807, 2.05) is 0 Å². The van der Waals surface area contributed by atoms with Crippen molar-refractivity contribution in [3.8, 4) is 0 Å². The Bertz CT molecular complexity index is 1050. The van der Waals surface area contributed by atoms with Crippen molar-refractivity contribution >= 4 is 5.91 Å². The van der Waals surface area contributed by atoms with Crippen LogP contribution in [0.1, 0.15) is 264 Å². The number of hydrogen-bond acceptors (Lipinski definition) is 3. The molecule has 0 radical (unpaired) electrons. The van der Waals surface area contributed by atoms with Crippen molar-refractivity contribution < 1.29 is 15.0 Å². The molecule has 0 aliphatic rings. The first kappa shape index (κ1) is 58.8. The smallest absolute Gasteiger partial charge is 0.220 e. The van der Waals surface area contributed by atoms with Gasteiger partial charge in [0.2, 0.25) is 5.91 Å². The second kappa shape index (κ2) is 52.2. The Morgan fingerprint density at radius 1 is 0.410 bits per heavy atom. The molecule has 0 aromatic heterocycles. The van der Waals surface area contributed by atoms with Gasteiger partial charge in [-0.15, -0.1) is 0 Å². The van der Waals surface area contributed by atoms with E-state index in [0.717, 1.165) is 64.2 Å². The molecule has 0 spiro atoms. The zero-order valence-corrected chi connectivity index (χ0v) is 40.7. The molecule has 0 saturated carbocycles. The highest BCUT2D eigenvalue weighted by atomic mass is 16.3. The Morgan fingerprint density at radius 2 is 0.721 bits per heavy atom. The van der Waals surface area contributed by atoms with Gasteiger partial charge < -0.3 is 15.5 Å². The Labute approximate surface area is 380 Å². The number of aliphatic hydroxyl groups is 2. The van der Waals surface area contributed by atoms with Crippen LogP contribution in [0.3, 0.4) is 0 Å². The average Bonchev–Trinajstić information content (AvgIpc) is 3.26. The Kier molecular flexibility index (Phi) is 50.3. The van der Waals surface area contributed by atoms with Gasteiger partial charge in [0.05, 0.1) is 18.8 Å². The lowest BCUT2D eigenvalue weighted by Gasteiger charge is -2.22. The number of nitrogens with one attached hydrogen (secondary N) is 1. The predicted octanol–water partition coefficient (Wildman–Crippen LogP) is 17.4. The maximum absolute atomic E-state index is 12.5. The van der Waals surface area contributed by atoms with E-state index in [0.29, 0.717) is 12.8 Å². The fourth-order valence-corrected chi connectivity index (χ4v) is 7.95. The van der Waals surface area contributed by atoms with Gasteiger partial charge in [0.25, 0.3) is 0 Å². The summed E-state index contributed by atoms with van der Waals surface area (Å²) < 4.78 is 0. The highest BCUT2D eigenvalue weighted by Gasteiger charge is 2.20. The molecule has 0 rings (SSSR count). The zero-order chi connectivity index (χ0) is 44.2. The van der Waals surface area contributed by atoms with Crippen LogP contribution in [0, 0.1) is 0 Å². The van der Waals surface area contributed by atoms with Crippen LogP contribution in [0.25, 0.3) is 0 Å². The monoisotopic (exact) mass is 850 g/mol. The van der Waals surface area contributed by atoms with E-state index in [1.165, 1.54) is 173 Å². The third-order valence-electron chi connectivity index (χ3n) is 12.0. The molecule has 0 fully saturated rings. The summed E-state index contributed by atoms with van der Waals surface area (Å²) in [6.45, 7) is 4.25. The van der Waals surface area contributed by atoms with Crippen LogP contribution in [0.5, 0.6) is 0 Å². The number of unbranched alkanes of at least 4 members (excludes halogenated alkanes) is 29. The van der Waals surface area contributed by atoms with E-state index in [9.17, 15) is 15.0 Å². The molecule has 61 heavy (non-hydrogen) atoms. The molecule has 4 nitrogen and oxygen atoms in total. The van der Waals surface area contributed by atoms with Gasteiger partial charge in [0.15, 0.2) is 0 Å².